The zero-order chi connectivity index (χ0) is 18.1. The summed E-state index contributed by atoms with van der Waals surface area (Å²) in [6, 6.07) is 9.98. The van der Waals surface area contributed by atoms with Crippen molar-refractivity contribution in [2.45, 2.75) is 6.42 Å². The largest absolute Gasteiger partial charge is 0.465 e. The molecule has 1 aromatic heterocycles. The van der Waals surface area contributed by atoms with Crippen LogP contribution < -0.4 is 10.6 Å². The van der Waals surface area contributed by atoms with E-state index in [0.717, 1.165) is 13.0 Å². The van der Waals surface area contributed by atoms with Crippen LogP contribution in [0.15, 0.2) is 42.6 Å². The number of ether oxygens (including phenoxy) is 2. The maximum absolute atomic E-state index is 12.3. The van der Waals surface area contributed by atoms with Gasteiger partial charge in [-0.15, -0.1) is 0 Å². The molecule has 1 aromatic carbocycles. The lowest BCUT2D eigenvalue weighted by Gasteiger charge is -2.08. The van der Waals surface area contributed by atoms with E-state index in [1.54, 1.807) is 43.5 Å². The standard InChI is InChI=1S/C18H21N3O4/c1-24-10-4-9-19-16-8-7-14(12-20-16)17(22)21-15-6-3-5-13(11-15)18(23)25-2/h3,5-8,11-12H,4,9-10H2,1-2H3,(H,19,20)(H,21,22). The van der Waals surface area contributed by atoms with Crippen molar-refractivity contribution in [2.24, 2.45) is 0 Å². The summed E-state index contributed by atoms with van der Waals surface area (Å²) in [5.74, 6) is -0.0672. The first-order valence-corrected chi connectivity index (χ1v) is 7.82. The van der Waals surface area contributed by atoms with E-state index in [2.05, 4.69) is 20.4 Å². The van der Waals surface area contributed by atoms with E-state index in [1.807, 2.05) is 0 Å². The monoisotopic (exact) mass is 343 g/mol. The minimum Gasteiger partial charge on any atom is -0.465 e. The van der Waals surface area contributed by atoms with Crippen LogP contribution in [0, 0.1) is 0 Å². The highest BCUT2D eigenvalue weighted by atomic mass is 16.5. The summed E-state index contributed by atoms with van der Waals surface area (Å²) >= 11 is 0. The van der Waals surface area contributed by atoms with Crippen LogP contribution in [0.5, 0.6) is 0 Å². The number of anilines is 2. The summed E-state index contributed by atoms with van der Waals surface area (Å²) in [5, 5.41) is 5.88. The Balaban J connectivity index is 1.95. The van der Waals surface area contributed by atoms with Crippen LogP contribution in [0.2, 0.25) is 0 Å². The third kappa shape index (κ3) is 5.58. The van der Waals surface area contributed by atoms with E-state index in [4.69, 9.17) is 4.74 Å². The number of benzene rings is 1. The van der Waals surface area contributed by atoms with Gasteiger partial charge in [-0.1, -0.05) is 6.07 Å². The molecule has 0 spiro atoms. The maximum atomic E-state index is 12.3. The molecule has 0 saturated heterocycles. The molecule has 1 amide bonds. The van der Waals surface area contributed by atoms with Crippen LogP contribution in [0.1, 0.15) is 27.1 Å². The Hall–Kier alpha value is -2.93. The molecule has 2 N–H and O–H groups in total. The molecule has 0 aliphatic heterocycles. The normalized spacial score (nSPS) is 10.2. The molecule has 2 rings (SSSR count). The van der Waals surface area contributed by atoms with E-state index < -0.39 is 5.97 Å². The lowest BCUT2D eigenvalue weighted by Crippen LogP contribution is -2.13. The number of nitrogens with one attached hydrogen (secondary N) is 2. The van der Waals surface area contributed by atoms with Gasteiger partial charge in [0.2, 0.25) is 0 Å². The van der Waals surface area contributed by atoms with Gasteiger partial charge in [0.05, 0.1) is 18.2 Å². The van der Waals surface area contributed by atoms with Crippen molar-refractivity contribution in [3.05, 3.63) is 53.7 Å². The summed E-state index contributed by atoms with van der Waals surface area (Å²) < 4.78 is 9.64. The minimum atomic E-state index is -0.457. The Morgan fingerprint density at radius 2 is 1.96 bits per heavy atom. The van der Waals surface area contributed by atoms with Crippen molar-refractivity contribution in [3.63, 3.8) is 0 Å². The number of pyridine rings is 1. The molecule has 0 unspecified atom stereocenters. The van der Waals surface area contributed by atoms with Gasteiger partial charge in [0.25, 0.3) is 5.91 Å². The van der Waals surface area contributed by atoms with Crippen molar-refractivity contribution in [1.29, 1.82) is 0 Å². The second-order valence-electron chi connectivity index (χ2n) is 5.23. The van der Waals surface area contributed by atoms with Crippen LogP contribution in [-0.2, 0) is 9.47 Å². The molecule has 0 saturated carbocycles. The average Bonchev–Trinajstić information content (AvgIpc) is 2.65. The van der Waals surface area contributed by atoms with Crippen molar-refractivity contribution >= 4 is 23.4 Å². The summed E-state index contributed by atoms with van der Waals surface area (Å²) in [6.45, 7) is 1.42. The number of nitrogens with zero attached hydrogens (tertiary/aromatic N) is 1. The van der Waals surface area contributed by atoms with Crippen LogP contribution in [0.25, 0.3) is 0 Å². The quantitative estimate of drug-likeness (QED) is 0.566. The maximum Gasteiger partial charge on any atom is 0.337 e. The summed E-state index contributed by atoms with van der Waals surface area (Å²) in [4.78, 5) is 28.0. The molecule has 7 heteroatoms. The van der Waals surface area contributed by atoms with Crippen LogP contribution in [-0.4, -0.2) is 44.2 Å². The molecule has 0 bridgehead atoms. The van der Waals surface area contributed by atoms with Gasteiger partial charge in [-0.3, -0.25) is 4.79 Å². The molecule has 0 aliphatic rings. The second kappa shape index (κ2) is 9.39. The van der Waals surface area contributed by atoms with E-state index in [9.17, 15) is 9.59 Å². The number of methoxy groups -OCH3 is 2. The van der Waals surface area contributed by atoms with Gasteiger partial charge in [-0.2, -0.15) is 0 Å². The fraction of sp³-hybridized carbons (Fsp3) is 0.278. The van der Waals surface area contributed by atoms with Crippen molar-refractivity contribution in [3.8, 4) is 0 Å². The number of carbonyl (C=O) groups is 2. The highest BCUT2D eigenvalue weighted by Gasteiger charge is 2.10. The summed E-state index contributed by atoms with van der Waals surface area (Å²) in [5.41, 5.74) is 1.30. The SMILES string of the molecule is COCCCNc1ccc(C(=O)Nc2cccc(C(=O)OC)c2)cn1. The van der Waals surface area contributed by atoms with Crippen molar-refractivity contribution in [1.82, 2.24) is 4.98 Å². The average molecular weight is 343 g/mol. The molecule has 2 aromatic rings. The molecule has 25 heavy (non-hydrogen) atoms. The fourth-order valence-electron chi connectivity index (χ4n) is 2.11. The smallest absolute Gasteiger partial charge is 0.337 e. The first-order valence-electron chi connectivity index (χ1n) is 7.82. The zero-order valence-corrected chi connectivity index (χ0v) is 14.2. The van der Waals surface area contributed by atoms with Gasteiger partial charge in [-0.25, -0.2) is 9.78 Å². The number of hydrogen-bond acceptors (Lipinski definition) is 6. The highest BCUT2D eigenvalue weighted by Crippen LogP contribution is 2.13. The van der Waals surface area contributed by atoms with E-state index >= 15 is 0 Å². The second-order valence-corrected chi connectivity index (χ2v) is 5.23. The molecule has 132 valence electrons. The highest BCUT2D eigenvalue weighted by molar-refractivity contribution is 6.04. The number of esters is 1. The summed E-state index contributed by atoms with van der Waals surface area (Å²) in [7, 11) is 2.97. The number of aromatic nitrogens is 1. The van der Waals surface area contributed by atoms with E-state index in [0.29, 0.717) is 29.2 Å². The Labute approximate surface area is 146 Å². The van der Waals surface area contributed by atoms with Crippen LogP contribution in [0.4, 0.5) is 11.5 Å². The minimum absolute atomic E-state index is 0.305. The first kappa shape index (κ1) is 18.4. The number of rotatable bonds is 8. The van der Waals surface area contributed by atoms with Crippen molar-refractivity contribution < 1.29 is 19.1 Å². The Morgan fingerprint density at radius 3 is 2.64 bits per heavy atom. The molecule has 0 aliphatic carbocycles. The Morgan fingerprint density at radius 1 is 1.12 bits per heavy atom. The topological polar surface area (TPSA) is 89.6 Å². The molecular formula is C18H21N3O4. The van der Waals surface area contributed by atoms with Crippen LogP contribution in [0.3, 0.4) is 0 Å². The predicted octanol–water partition coefficient (Wildman–Crippen LogP) is 2.57. The van der Waals surface area contributed by atoms with Gasteiger partial charge >= 0.3 is 5.97 Å². The first-order chi connectivity index (χ1) is 12.1. The van der Waals surface area contributed by atoms with Crippen molar-refractivity contribution in [2.75, 3.05) is 38.0 Å². The molecule has 7 nitrogen and oxygen atoms in total. The summed E-state index contributed by atoms with van der Waals surface area (Å²) in [6.07, 6.45) is 2.37. The predicted molar refractivity (Wildman–Crippen MR) is 95.0 cm³/mol. The molecule has 0 fully saturated rings. The lowest BCUT2D eigenvalue weighted by atomic mass is 10.2. The molecule has 1 heterocycles. The van der Waals surface area contributed by atoms with Gasteiger partial charge in [0.15, 0.2) is 0 Å². The van der Waals surface area contributed by atoms with Gasteiger partial charge < -0.3 is 20.1 Å². The molecule has 0 radical (unpaired) electrons. The third-order valence-corrected chi connectivity index (χ3v) is 3.40. The molecular weight excluding hydrogens is 322 g/mol. The Kier molecular flexibility index (Phi) is 6.91. The van der Waals surface area contributed by atoms with E-state index in [-0.39, 0.29) is 5.91 Å². The lowest BCUT2D eigenvalue weighted by molar-refractivity contribution is 0.0600. The fourth-order valence-corrected chi connectivity index (χ4v) is 2.11. The van der Waals surface area contributed by atoms with E-state index in [1.165, 1.54) is 13.3 Å². The third-order valence-electron chi connectivity index (χ3n) is 3.40. The number of carbonyl (C=O) groups excluding carboxylic acids is 2. The zero-order valence-electron chi connectivity index (χ0n) is 14.2. The molecule has 0 atom stereocenters. The Bertz CT molecular complexity index is 717. The number of amides is 1. The number of hydrogen-bond donors (Lipinski definition) is 2. The van der Waals surface area contributed by atoms with Crippen LogP contribution >= 0.6 is 0 Å². The van der Waals surface area contributed by atoms with Gasteiger partial charge in [-0.05, 0) is 36.8 Å². The van der Waals surface area contributed by atoms with Gasteiger partial charge in [0.1, 0.15) is 5.82 Å². The van der Waals surface area contributed by atoms with Gasteiger partial charge in [0, 0.05) is 32.1 Å².